The summed E-state index contributed by atoms with van der Waals surface area (Å²) in [6.45, 7) is 4.47. The Hall–Kier alpha value is -0.470. The zero-order valence-electron chi connectivity index (χ0n) is 12.1. The smallest absolute Gasteiger partial charge is 0.0880 e. The molecule has 0 heterocycles. The average Bonchev–Trinajstić information content (AvgIpc) is 2.88. The lowest BCUT2D eigenvalue weighted by atomic mass is 9.99. The van der Waals surface area contributed by atoms with Crippen LogP contribution in [-0.2, 0) is 6.42 Å². The predicted molar refractivity (Wildman–Crippen MR) is 84.7 cm³/mol. The maximum atomic E-state index is 10.3. The van der Waals surface area contributed by atoms with Gasteiger partial charge >= 0.3 is 0 Å². The average molecular weight is 278 g/mol. The van der Waals surface area contributed by atoms with Gasteiger partial charge in [0.1, 0.15) is 0 Å². The summed E-state index contributed by atoms with van der Waals surface area (Å²) in [5.41, 5.74) is 2.43. The number of hydrogen-bond donors (Lipinski definition) is 1. The molecule has 1 aromatic carbocycles. The summed E-state index contributed by atoms with van der Waals surface area (Å²) in [7, 11) is 0. The summed E-state index contributed by atoms with van der Waals surface area (Å²) in [4.78, 5) is 0. The number of hydrogen-bond acceptors (Lipinski definition) is 2. The number of rotatable bonds is 6. The second-order valence-electron chi connectivity index (χ2n) is 6.10. The number of aliphatic hydroxyl groups is 1. The minimum absolute atomic E-state index is 0.308. The lowest BCUT2D eigenvalue weighted by Gasteiger charge is -2.15. The first-order valence-corrected chi connectivity index (χ1v) is 8.58. The van der Waals surface area contributed by atoms with Gasteiger partial charge in [0.2, 0.25) is 0 Å². The normalized spacial score (nSPS) is 18.1. The molecule has 1 saturated carbocycles. The Labute approximate surface area is 121 Å². The first-order valence-electron chi connectivity index (χ1n) is 7.53. The van der Waals surface area contributed by atoms with Crippen LogP contribution in [0, 0.1) is 5.92 Å². The molecule has 106 valence electrons. The molecule has 0 spiro atoms. The highest BCUT2D eigenvalue weighted by Crippen LogP contribution is 2.32. The van der Waals surface area contributed by atoms with E-state index in [1.54, 1.807) is 0 Å². The standard InChI is InChI=1S/C17H26OS/c1-13(2)10-14-6-5-7-15(11-14)17(18)12-19-16-8-3-4-9-16/h5-7,11,13,16-18H,3-4,8-10,12H2,1-2H3. The molecule has 1 aromatic rings. The molecule has 0 amide bonds. The van der Waals surface area contributed by atoms with Crippen LogP contribution in [0.1, 0.15) is 56.8 Å². The van der Waals surface area contributed by atoms with Gasteiger partial charge in [-0.2, -0.15) is 11.8 Å². The first-order chi connectivity index (χ1) is 9.15. The molecule has 0 bridgehead atoms. The van der Waals surface area contributed by atoms with Gasteiger partial charge in [-0.3, -0.25) is 0 Å². The van der Waals surface area contributed by atoms with E-state index in [4.69, 9.17) is 0 Å². The molecule has 1 N–H and O–H groups in total. The van der Waals surface area contributed by atoms with Crippen LogP contribution in [0.25, 0.3) is 0 Å². The molecular weight excluding hydrogens is 252 g/mol. The van der Waals surface area contributed by atoms with Crippen molar-refractivity contribution in [1.29, 1.82) is 0 Å². The van der Waals surface area contributed by atoms with Gasteiger partial charge in [0.25, 0.3) is 0 Å². The van der Waals surface area contributed by atoms with Crippen molar-refractivity contribution in [2.45, 2.75) is 57.3 Å². The van der Waals surface area contributed by atoms with E-state index < -0.39 is 0 Å². The van der Waals surface area contributed by atoms with Crippen molar-refractivity contribution in [2.24, 2.45) is 5.92 Å². The van der Waals surface area contributed by atoms with Gasteiger partial charge in [-0.05, 0) is 36.3 Å². The molecule has 2 rings (SSSR count). The van der Waals surface area contributed by atoms with Crippen LogP contribution >= 0.6 is 11.8 Å². The molecule has 0 aromatic heterocycles. The van der Waals surface area contributed by atoms with Crippen LogP contribution in [0.5, 0.6) is 0 Å². The molecule has 0 saturated heterocycles. The molecular formula is C17H26OS. The van der Waals surface area contributed by atoms with Crippen molar-refractivity contribution in [3.05, 3.63) is 35.4 Å². The van der Waals surface area contributed by atoms with Crippen molar-refractivity contribution < 1.29 is 5.11 Å². The van der Waals surface area contributed by atoms with Crippen LogP contribution in [0.15, 0.2) is 24.3 Å². The maximum Gasteiger partial charge on any atom is 0.0880 e. The molecule has 0 aliphatic heterocycles. The van der Waals surface area contributed by atoms with Crippen molar-refractivity contribution in [3.8, 4) is 0 Å². The Balaban J connectivity index is 1.88. The Morgan fingerprint density at radius 2 is 2.00 bits per heavy atom. The maximum absolute atomic E-state index is 10.3. The van der Waals surface area contributed by atoms with E-state index in [2.05, 4.69) is 38.1 Å². The molecule has 19 heavy (non-hydrogen) atoms. The Kier molecular flexibility index (Phi) is 5.77. The molecule has 2 heteroatoms. The first kappa shape index (κ1) is 14.9. The van der Waals surface area contributed by atoms with Gasteiger partial charge in [-0.1, -0.05) is 51.0 Å². The third-order valence-electron chi connectivity index (χ3n) is 3.77. The number of aliphatic hydroxyl groups excluding tert-OH is 1. The van der Waals surface area contributed by atoms with E-state index in [1.165, 1.54) is 31.2 Å². The monoisotopic (exact) mass is 278 g/mol. The molecule has 1 atom stereocenters. The number of benzene rings is 1. The summed E-state index contributed by atoms with van der Waals surface area (Å²) < 4.78 is 0. The largest absolute Gasteiger partial charge is 0.388 e. The summed E-state index contributed by atoms with van der Waals surface area (Å²) in [6.07, 6.45) is 6.21. The lowest BCUT2D eigenvalue weighted by Crippen LogP contribution is -2.06. The van der Waals surface area contributed by atoms with Crippen LogP contribution < -0.4 is 0 Å². The zero-order chi connectivity index (χ0) is 13.7. The van der Waals surface area contributed by atoms with Crippen molar-refractivity contribution in [2.75, 3.05) is 5.75 Å². The minimum Gasteiger partial charge on any atom is -0.388 e. The van der Waals surface area contributed by atoms with Crippen LogP contribution in [0.2, 0.25) is 0 Å². The molecule has 1 aliphatic carbocycles. The molecule has 1 nitrogen and oxygen atoms in total. The van der Waals surface area contributed by atoms with E-state index in [0.717, 1.165) is 23.0 Å². The molecule has 1 unspecified atom stereocenters. The van der Waals surface area contributed by atoms with Gasteiger partial charge < -0.3 is 5.11 Å². The van der Waals surface area contributed by atoms with Crippen LogP contribution in [-0.4, -0.2) is 16.1 Å². The molecule has 1 aliphatic rings. The summed E-state index contributed by atoms with van der Waals surface area (Å²) >= 11 is 1.96. The van der Waals surface area contributed by atoms with E-state index in [1.807, 2.05) is 11.8 Å². The Morgan fingerprint density at radius 1 is 1.26 bits per heavy atom. The molecule has 0 radical (unpaired) electrons. The highest BCUT2D eigenvalue weighted by molar-refractivity contribution is 7.99. The van der Waals surface area contributed by atoms with Gasteiger partial charge in [0.15, 0.2) is 0 Å². The van der Waals surface area contributed by atoms with Gasteiger partial charge in [-0.25, -0.2) is 0 Å². The predicted octanol–water partition coefficient (Wildman–Crippen LogP) is 4.59. The fraction of sp³-hybridized carbons (Fsp3) is 0.647. The topological polar surface area (TPSA) is 20.2 Å². The van der Waals surface area contributed by atoms with Gasteiger partial charge in [-0.15, -0.1) is 0 Å². The van der Waals surface area contributed by atoms with E-state index in [9.17, 15) is 5.11 Å². The van der Waals surface area contributed by atoms with Crippen molar-refractivity contribution in [3.63, 3.8) is 0 Å². The van der Waals surface area contributed by atoms with Gasteiger partial charge in [0, 0.05) is 11.0 Å². The second kappa shape index (κ2) is 7.35. The fourth-order valence-electron chi connectivity index (χ4n) is 2.78. The summed E-state index contributed by atoms with van der Waals surface area (Å²) in [5.74, 6) is 1.51. The Morgan fingerprint density at radius 3 is 2.68 bits per heavy atom. The minimum atomic E-state index is -0.308. The third-order valence-corrected chi connectivity index (χ3v) is 5.22. The summed E-state index contributed by atoms with van der Waals surface area (Å²) in [5, 5.41) is 11.1. The van der Waals surface area contributed by atoms with E-state index in [-0.39, 0.29) is 6.10 Å². The third kappa shape index (κ3) is 4.85. The van der Waals surface area contributed by atoms with Gasteiger partial charge in [0.05, 0.1) is 6.10 Å². The summed E-state index contributed by atoms with van der Waals surface area (Å²) in [6, 6.07) is 8.49. The highest BCUT2D eigenvalue weighted by Gasteiger charge is 2.17. The van der Waals surface area contributed by atoms with Crippen LogP contribution in [0.4, 0.5) is 0 Å². The fourth-order valence-corrected chi connectivity index (χ4v) is 4.09. The molecule has 1 fully saturated rings. The van der Waals surface area contributed by atoms with Crippen molar-refractivity contribution >= 4 is 11.8 Å². The van der Waals surface area contributed by atoms with E-state index in [0.29, 0.717) is 5.92 Å². The van der Waals surface area contributed by atoms with E-state index >= 15 is 0 Å². The van der Waals surface area contributed by atoms with Crippen molar-refractivity contribution in [1.82, 2.24) is 0 Å². The Bertz CT molecular complexity index is 383. The quantitative estimate of drug-likeness (QED) is 0.821. The van der Waals surface area contributed by atoms with Crippen LogP contribution in [0.3, 0.4) is 0 Å². The SMILES string of the molecule is CC(C)Cc1cccc(C(O)CSC2CCCC2)c1. The lowest BCUT2D eigenvalue weighted by molar-refractivity contribution is 0.204. The highest BCUT2D eigenvalue weighted by atomic mass is 32.2. The number of thioether (sulfide) groups is 1. The zero-order valence-corrected chi connectivity index (χ0v) is 13.0. The second-order valence-corrected chi connectivity index (χ2v) is 7.43.